The molecular weight excluding hydrogens is 290 g/mol. The quantitative estimate of drug-likeness (QED) is 0.783. The van der Waals surface area contributed by atoms with Crippen molar-refractivity contribution in [1.82, 2.24) is 0 Å². The largest absolute Gasteiger partial charge is 0.493 e. The molecule has 0 saturated heterocycles. The molecule has 1 amide bonds. The van der Waals surface area contributed by atoms with Crippen molar-refractivity contribution in [1.29, 1.82) is 0 Å². The maximum absolute atomic E-state index is 11.2. The smallest absolute Gasteiger partial charge is 0.221 e. The summed E-state index contributed by atoms with van der Waals surface area (Å²) in [4.78, 5) is 11.2. The lowest BCUT2D eigenvalue weighted by atomic mass is 10.1. The van der Waals surface area contributed by atoms with E-state index in [9.17, 15) is 4.79 Å². The Morgan fingerprint density at radius 2 is 1.70 bits per heavy atom. The highest BCUT2D eigenvalue weighted by Crippen LogP contribution is 2.24. The molecule has 0 spiro atoms. The lowest BCUT2D eigenvalue weighted by molar-refractivity contribution is -0.114. The van der Waals surface area contributed by atoms with Gasteiger partial charge in [0.15, 0.2) is 0 Å². The van der Waals surface area contributed by atoms with Crippen molar-refractivity contribution in [3.05, 3.63) is 53.6 Å². The van der Waals surface area contributed by atoms with Gasteiger partial charge in [-0.3, -0.25) is 4.79 Å². The number of ether oxygens (including phenoxy) is 2. The summed E-state index contributed by atoms with van der Waals surface area (Å²) in [5.74, 6) is 1.48. The normalized spacial score (nSPS) is 10.2. The molecule has 23 heavy (non-hydrogen) atoms. The summed E-state index contributed by atoms with van der Waals surface area (Å²) in [6, 6.07) is 13.6. The molecule has 1 N–H and O–H groups in total. The van der Waals surface area contributed by atoms with Crippen LogP contribution >= 0.6 is 0 Å². The summed E-state index contributed by atoms with van der Waals surface area (Å²) in [5.41, 5.74) is 3.01. The van der Waals surface area contributed by atoms with Crippen molar-refractivity contribution in [3.63, 3.8) is 0 Å². The average molecular weight is 313 g/mol. The molecule has 0 heterocycles. The number of amides is 1. The van der Waals surface area contributed by atoms with E-state index in [0.29, 0.717) is 24.7 Å². The van der Waals surface area contributed by atoms with Crippen LogP contribution < -0.4 is 14.8 Å². The molecule has 0 aliphatic carbocycles. The SMILES string of the molecule is CC(=O)Nc1ccccc1OCCCOc1cc(C)ccc1C. The summed E-state index contributed by atoms with van der Waals surface area (Å²) in [7, 11) is 0. The van der Waals surface area contributed by atoms with Crippen LogP contribution in [0.3, 0.4) is 0 Å². The van der Waals surface area contributed by atoms with Gasteiger partial charge in [-0.25, -0.2) is 0 Å². The lowest BCUT2D eigenvalue weighted by Crippen LogP contribution is -2.09. The molecule has 2 aromatic rings. The Bertz CT molecular complexity index is 667. The molecule has 0 fully saturated rings. The molecule has 0 unspecified atom stereocenters. The highest BCUT2D eigenvalue weighted by atomic mass is 16.5. The van der Waals surface area contributed by atoms with Crippen LogP contribution in [0, 0.1) is 13.8 Å². The predicted molar refractivity (Wildman–Crippen MR) is 92.3 cm³/mol. The number of carbonyl (C=O) groups is 1. The fourth-order valence-electron chi connectivity index (χ4n) is 2.17. The van der Waals surface area contributed by atoms with E-state index in [-0.39, 0.29) is 5.91 Å². The van der Waals surface area contributed by atoms with Crippen molar-refractivity contribution < 1.29 is 14.3 Å². The minimum atomic E-state index is -0.112. The van der Waals surface area contributed by atoms with Gasteiger partial charge in [0.25, 0.3) is 0 Å². The summed E-state index contributed by atoms with van der Waals surface area (Å²) >= 11 is 0. The monoisotopic (exact) mass is 313 g/mol. The van der Waals surface area contributed by atoms with Gasteiger partial charge in [0, 0.05) is 13.3 Å². The third kappa shape index (κ3) is 5.33. The van der Waals surface area contributed by atoms with Gasteiger partial charge in [-0.2, -0.15) is 0 Å². The number of rotatable bonds is 7. The summed E-state index contributed by atoms with van der Waals surface area (Å²) in [6.07, 6.45) is 0.766. The number of hydrogen-bond donors (Lipinski definition) is 1. The molecule has 4 nitrogen and oxygen atoms in total. The first-order valence-electron chi connectivity index (χ1n) is 7.76. The number of hydrogen-bond acceptors (Lipinski definition) is 3. The van der Waals surface area contributed by atoms with Crippen LogP contribution in [0.5, 0.6) is 11.5 Å². The maximum atomic E-state index is 11.2. The van der Waals surface area contributed by atoms with E-state index in [4.69, 9.17) is 9.47 Å². The topological polar surface area (TPSA) is 47.6 Å². The summed E-state index contributed by atoms with van der Waals surface area (Å²) in [6.45, 7) is 6.69. The van der Waals surface area contributed by atoms with Crippen LogP contribution in [0.1, 0.15) is 24.5 Å². The number of carbonyl (C=O) groups excluding carboxylic acids is 1. The van der Waals surface area contributed by atoms with Crippen molar-refractivity contribution in [3.8, 4) is 11.5 Å². The molecule has 0 aliphatic heterocycles. The summed E-state index contributed by atoms with van der Waals surface area (Å²) < 4.78 is 11.5. The molecule has 0 aliphatic rings. The Kier molecular flexibility index (Phi) is 6.03. The Balaban J connectivity index is 1.80. The first kappa shape index (κ1) is 16.9. The van der Waals surface area contributed by atoms with Gasteiger partial charge in [0.1, 0.15) is 11.5 Å². The Morgan fingerprint density at radius 3 is 2.43 bits per heavy atom. The zero-order chi connectivity index (χ0) is 16.7. The molecule has 4 heteroatoms. The summed E-state index contributed by atoms with van der Waals surface area (Å²) in [5, 5.41) is 2.76. The van der Waals surface area contributed by atoms with E-state index in [1.54, 1.807) is 0 Å². The first-order chi connectivity index (χ1) is 11.1. The molecule has 2 rings (SSSR count). The zero-order valence-corrected chi connectivity index (χ0v) is 13.9. The van der Waals surface area contributed by atoms with E-state index >= 15 is 0 Å². The van der Waals surface area contributed by atoms with E-state index in [1.807, 2.05) is 44.2 Å². The number of aryl methyl sites for hydroxylation is 2. The van der Waals surface area contributed by atoms with Crippen LogP contribution in [-0.2, 0) is 4.79 Å². The minimum absolute atomic E-state index is 0.112. The molecular formula is C19H23NO3. The fourth-order valence-corrected chi connectivity index (χ4v) is 2.17. The third-order valence-corrected chi connectivity index (χ3v) is 3.35. The maximum Gasteiger partial charge on any atom is 0.221 e. The molecule has 2 aromatic carbocycles. The molecule has 0 saturated carbocycles. The van der Waals surface area contributed by atoms with Crippen LogP contribution in [0.15, 0.2) is 42.5 Å². The van der Waals surface area contributed by atoms with Crippen molar-refractivity contribution in [2.24, 2.45) is 0 Å². The van der Waals surface area contributed by atoms with Gasteiger partial charge in [-0.15, -0.1) is 0 Å². The highest BCUT2D eigenvalue weighted by molar-refractivity contribution is 5.90. The molecule has 0 radical (unpaired) electrons. The molecule has 0 aromatic heterocycles. The molecule has 0 bridgehead atoms. The Labute approximate surface area is 137 Å². The Hall–Kier alpha value is -2.49. The highest BCUT2D eigenvalue weighted by Gasteiger charge is 2.04. The van der Waals surface area contributed by atoms with Crippen molar-refractivity contribution in [2.45, 2.75) is 27.2 Å². The fraction of sp³-hybridized carbons (Fsp3) is 0.316. The van der Waals surface area contributed by atoms with Crippen molar-refractivity contribution >= 4 is 11.6 Å². The number of anilines is 1. The van der Waals surface area contributed by atoms with Gasteiger partial charge < -0.3 is 14.8 Å². The standard InChI is InChI=1S/C19H23NO3/c1-14-9-10-15(2)19(13-14)23-12-6-11-22-18-8-5-4-7-17(18)20-16(3)21/h4-5,7-10,13H,6,11-12H2,1-3H3,(H,20,21). The second kappa shape index (κ2) is 8.22. The van der Waals surface area contributed by atoms with Crippen LogP contribution in [-0.4, -0.2) is 19.1 Å². The van der Waals surface area contributed by atoms with Crippen LogP contribution in [0.4, 0.5) is 5.69 Å². The second-order valence-electron chi connectivity index (χ2n) is 5.50. The first-order valence-corrected chi connectivity index (χ1v) is 7.76. The molecule has 0 atom stereocenters. The number of para-hydroxylation sites is 2. The van der Waals surface area contributed by atoms with Crippen LogP contribution in [0.25, 0.3) is 0 Å². The second-order valence-corrected chi connectivity index (χ2v) is 5.50. The van der Waals surface area contributed by atoms with Gasteiger partial charge in [-0.05, 0) is 43.2 Å². The lowest BCUT2D eigenvalue weighted by Gasteiger charge is -2.13. The van der Waals surface area contributed by atoms with Gasteiger partial charge in [0.2, 0.25) is 5.91 Å². The van der Waals surface area contributed by atoms with E-state index in [1.165, 1.54) is 12.5 Å². The third-order valence-electron chi connectivity index (χ3n) is 3.35. The van der Waals surface area contributed by atoms with Gasteiger partial charge in [0.05, 0.1) is 18.9 Å². The minimum Gasteiger partial charge on any atom is -0.493 e. The molecule has 122 valence electrons. The van der Waals surface area contributed by atoms with Crippen LogP contribution in [0.2, 0.25) is 0 Å². The number of benzene rings is 2. The van der Waals surface area contributed by atoms with E-state index in [0.717, 1.165) is 17.7 Å². The van der Waals surface area contributed by atoms with Crippen molar-refractivity contribution in [2.75, 3.05) is 18.5 Å². The number of nitrogens with one attached hydrogen (secondary N) is 1. The van der Waals surface area contributed by atoms with E-state index in [2.05, 4.69) is 17.4 Å². The van der Waals surface area contributed by atoms with E-state index < -0.39 is 0 Å². The zero-order valence-electron chi connectivity index (χ0n) is 13.9. The Morgan fingerprint density at radius 1 is 1.00 bits per heavy atom. The average Bonchev–Trinajstić information content (AvgIpc) is 2.51. The van der Waals surface area contributed by atoms with Gasteiger partial charge in [-0.1, -0.05) is 24.3 Å². The predicted octanol–water partition coefficient (Wildman–Crippen LogP) is 4.11. The van der Waals surface area contributed by atoms with Gasteiger partial charge >= 0.3 is 0 Å².